The van der Waals surface area contributed by atoms with Gasteiger partial charge in [-0.1, -0.05) is 41.9 Å². The molecule has 1 atom stereocenters. The van der Waals surface area contributed by atoms with E-state index in [-0.39, 0.29) is 5.91 Å². The fourth-order valence-electron chi connectivity index (χ4n) is 4.09. The molecule has 4 rings (SSSR count). The van der Waals surface area contributed by atoms with E-state index in [9.17, 15) is 4.79 Å². The summed E-state index contributed by atoms with van der Waals surface area (Å²) in [5.74, 6) is 0.571. The summed E-state index contributed by atoms with van der Waals surface area (Å²) < 4.78 is 0. The highest BCUT2D eigenvalue weighted by Gasteiger charge is 2.22. The topological polar surface area (TPSA) is 32.3 Å². The van der Waals surface area contributed by atoms with E-state index in [0.29, 0.717) is 16.5 Å². The molecule has 0 spiro atoms. The molecule has 4 heteroatoms. The van der Waals surface area contributed by atoms with E-state index < -0.39 is 0 Å². The van der Waals surface area contributed by atoms with E-state index in [2.05, 4.69) is 36.4 Å². The van der Waals surface area contributed by atoms with E-state index >= 15 is 0 Å². The Balaban J connectivity index is 1.43. The average molecular weight is 405 g/mol. The van der Waals surface area contributed by atoms with Gasteiger partial charge in [-0.15, -0.1) is 0 Å². The van der Waals surface area contributed by atoms with Crippen LogP contribution in [0.15, 0.2) is 66.7 Å². The fraction of sp³-hybridized carbons (Fsp3) is 0.240. The smallest absolute Gasteiger partial charge is 0.255 e. The zero-order chi connectivity index (χ0) is 20.4. The number of carbonyl (C=O) groups excluding carboxylic acids is 1. The molecule has 1 amide bonds. The molecule has 3 nitrogen and oxygen atoms in total. The van der Waals surface area contributed by atoms with Crippen molar-refractivity contribution in [3.63, 3.8) is 0 Å². The highest BCUT2D eigenvalue weighted by molar-refractivity contribution is 6.30. The van der Waals surface area contributed by atoms with Gasteiger partial charge in [0.1, 0.15) is 0 Å². The Hall–Kier alpha value is -2.62. The van der Waals surface area contributed by atoms with Crippen molar-refractivity contribution < 1.29 is 4.79 Å². The molecule has 0 heterocycles. The lowest BCUT2D eigenvalue weighted by Gasteiger charge is -2.14. The number of rotatable bonds is 5. The molecule has 1 aliphatic rings. The molecule has 0 bridgehead atoms. The molecule has 0 fully saturated rings. The van der Waals surface area contributed by atoms with Crippen molar-refractivity contribution >= 4 is 23.2 Å². The summed E-state index contributed by atoms with van der Waals surface area (Å²) in [5.41, 5.74) is 6.40. The largest absolute Gasteiger partial charge is 0.322 e. The van der Waals surface area contributed by atoms with Crippen LogP contribution < -0.4 is 5.32 Å². The van der Waals surface area contributed by atoms with Crippen molar-refractivity contribution in [1.29, 1.82) is 0 Å². The van der Waals surface area contributed by atoms with Crippen molar-refractivity contribution in [2.75, 3.05) is 26.0 Å². The van der Waals surface area contributed by atoms with Gasteiger partial charge in [-0.05, 0) is 91.5 Å². The number of amides is 1. The molecule has 1 unspecified atom stereocenters. The maximum Gasteiger partial charge on any atom is 0.255 e. The van der Waals surface area contributed by atoms with Gasteiger partial charge in [-0.2, -0.15) is 0 Å². The van der Waals surface area contributed by atoms with Gasteiger partial charge in [-0.3, -0.25) is 4.79 Å². The first kappa shape index (κ1) is 19.7. The number of carbonyl (C=O) groups is 1. The summed E-state index contributed by atoms with van der Waals surface area (Å²) in [6, 6.07) is 21.6. The number of anilines is 1. The van der Waals surface area contributed by atoms with Crippen molar-refractivity contribution in [2.24, 2.45) is 5.92 Å². The SMILES string of the molecule is CN(C)CC1Cc2ccc(NC(=O)c3ccc(-c4ccc(Cl)cc4)cc3)cc2C1. The third kappa shape index (κ3) is 4.69. The highest BCUT2D eigenvalue weighted by atomic mass is 35.5. The number of halogens is 1. The van der Waals surface area contributed by atoms with Crippen molar-refractivity contribution in [1.82, 2.24) is 4.90 Å². The molecule has 1 aliphatic carbocycles. The lowest BCUT2D eigenvalue weighted by molar-refractivity contribution is 0.102. The minimum atomic E-state index is -0.0876. The monoisotopic (exact) mass is 404 g/mol. The van der Waals surface area contributed by atoms with Crippen LogP contribution in [0.2, 0.25) is 5.02 Å². The van der Waals surface area contributed by atoms with E-state index in [1.165, 1.54) is 11.1 Å². The maximum atomic E-state index is 12.7. The van der Waals surface area contributed by atoms with Crippen LogP contribution >= 0.6 is 11.6 Å². The molecule has 0 radical (unpaired) electrons. The molecule has 0 saturated carbocycles. The average Bonchev–Trinajstić information content (AvgIpc) is 3.09. The predicted octanol–water partition coefficient (Wildman–Crippen LogP) is 5.54. The molecule has 1 N–H and O–H groups in total. The molecule has 29 heavy (non-hydrogen) atoms. The van der Waals surface area contributed by atoms with Gasteiger partial charge in [0.2, 0.25) is 0 Å². The van der Waals surface area contributed by atoms with Crippen LogP contribution in [0, 0.1) is 5.92 Å². The summed E-state index contributed by atoms with van der Waals surface area (Å²) >= 11 is 5.95. The zero-order valence-corrected chi connectivity index (χ0v) is 17.5. The van der Waals surface area contributed by atoms with Gasteiger partial charge in [0.05, 0.1) is 0 Å². The normalized spacial score (nSPS) is 15.4. The maximum absolute atomic E-state index is 12.7. The molecule has 0 aliphatic heterocycles. The minimum absolute atomic E-state index is 0.0876. The van der Waals surface area contributed by atoms with E-state index in [4.69, 9.17) is 11.6 Å². The number of hydrogen-bond donors (Lipinski definition) is 1. The van der Waals surface area contributed by atoms with Crippen molar-refractivity contribution in [2.45, 2.75) is 12.8 Å². The molecular formula is C25H25ClN2O. The van der Waals surface area contributed by atoms with Crippen LogP contribution in [-0.4, -0.2) is 31.4 Å². The lowest BCUT2D eigenvalue weighted by atomic mass is 10.0. The van der Waals surface area contributed by atoms with Crippen molar-refractivity contribution in [3.8, 4) is 11.1 Å². The van der Waals surface area contributed by atoms with Crippen LogP contribution in [0.5, 0.6) is 0 Å². The molecule has 3 aromatic carbocycles. The molecule has 148 valence electrons. The van der Waals surface area contributed by atoms with Crippen LogP contribution in [0.4, 0.5) is 5.69 Å². The van der Waals surface area contributed by atoms with E-state index in [0.717, 1.165) is 36.2 Å². The standard InChI is InChI=1S/C25H25ClN2O/c1-28(2)16-17-13-21-9-12-24(15-22(21)14-17)27-25(29)20-5-3-18(4-6-20)19-7-10-23(26)11-8-19/h3-12,15,17H,13-14,16H2,1-2H3,(H,27,29). The van der Waals surface area contributed by atoms with Gasteiger partial charge in [0.25, 0.3) is 5.91 Å². The number of nitrogens with zero attached hydrogens (tertiary/aromatic N) is 1. The predicted molar refractivity (Wildman–Crippen MR) is 121 cm³/mol. The quantitative estimate of drug-likeness (QED) is 0.605. The minimum Gasteiger partial charge on any atom is -0.322 e. The van der Waals surface area contributed by atoms with Gasteiger partial charge < -0.3 is 10.2 Å². The van der Waals surface area contributed by atoms with Crippen LogP contribution in [-0.2, 0) is 12.8 Å². The van der Waals surface area contributed by atoms with Gasteiger partial charge in [0, 0.05) is 22.8 Å². The Kier molecular flexibility index (Phi) is 5.70. The number of hydrogen-bond acceptors (Lipinski definition) is 2. The number of nitrogens with one attached hydrogen (secondary N) is 1. The van der Waals surface area contributed by atoms with Crippen LogP contribution in [0.25, 0.3) is 11.1 Å². The van der Waals surface area contributed by atoms with Gasteiger partial charge in [-0.25, -0.2) is 0 Å². The molecule has 3 aromatic rings. The Morgan fingerprint density at radius 2 is 1.55 bits per heavy atom. The Bertz CT molecular complexity index is 1010. The third-order valence-corrected chi connectivity index (χ3v) is 5.68. The molecule has 0 aromatic heterocycles. The summed E-state index contributed by atoms with van der Waals surface area (Å²) in [6.07, 6.45) is 2.20. The Morgan fingerprint density at radius 1 is 0.931 bits per heavy atom. The first-order valence-electron chi connectivity index (χ1n) is 9.92. The Labute approximate surface area is 177 Å². The number of benzene rings is 3. The second-order valence-corrected chi connectivity index (χ2v) is 8.49. The second-order valence-electron chi connectivity index (χ2n) is 8.06. The highest BCUT2D eigenvalue weighted by Crippen LogP contribution is 2.30. The molecular weight excluding hydrogens is 380 g/mol. The first-order chi connectivity index (χ1) is 14.0. The lowest BCUT2D eigenvalue weighted by Crippen LogP contribution is -2.21. The first-order valence-corrected chi connectivity index (χ1v) is 10.3. The zero-order valence-electron chi connectivity index (χ0n) is 16.8. The third-order valence-electron chi connectivity index (χ3n) is 5.43. The summed E-state index contributed by atoms with van der Waals surface area (Å²) in [5, 5.41) is 3.76. The van der Waals surface area contributed by atoms with Gasteiger partial charge in [0.15, 0.2) is 0 Å². The summed E-state index contributed by atoms with van der Waals surface area (Å²) in [6.45, 7) is 1.09. The molecule has 0 saturated heterocycles. The second kappa shape index (κ2) is 8.40. The van der Waals surface area contributed by atoms with Gasteiger partial charge >= 0.3 is 0 Å². The van der Waals surface area contributed by atoms with Crippen LogP contribution in [0.3, 0.4) is 0 Å². The summed E-state index contributed by atoms with van der Waals surface area (Å²) in [4.78, 5) is 14.9. The van der Waals surface area contributed by atoms with Crippen molar-refractivity contribution in [3.05, 3.63) is 88.4 Å². The fourth-order valence-corrected chi connectivity index (χ4v) is 4.22. The number of fused-ring (bicyclic) bond motifs is 1. The Morgan fingerprint density at radius 3 is 2.21 bits per heavy atom. The summed E-state index contributed by atoms with van der Waals surface area (Å²) in [7, 11) is 4.24. The van der Waals surface area contributed by atoms with E-state index in [1.807, 2.05) is 54.6 Å². The van der Waals surface area contributed by atoms with E-state index in [1.54, 1.807) is 0 Å². The van der Waals surface area contributed by atoms with Crippen LogP contribution in [0.1, 0.15) is 21.5 Å².